The molecule has 0 radical (unpaired) electrons. The van der Waals surface area contributed by atoms with Crippen LogP contribution in [0.25, 0.3) is 0 Å². The lowest BCUT2D eigenvalue weighted by Crippen LogP contribution is -2.34. The Labute approximate surface area is 135 Å². The lowest BCUT2D eigenvalue weighted by atomic mass is 9.97. The van der Waals surface area contributed by atoms with E-state index < -0.39 is 0 Å². The molecule has 5 heteroatoms. The van der Waals surface area contributed by atoms with Gasteiger partial charge in [-0.2, -0.15) is 5.26 Å². The molecular weight excluding hydrogens is 290 g/mol. The van der Waals surface area contributed by atoms with E-state index in [0.717, 1.165) is 12.0 Å². The summed E-state index contributed by atoms with van der Waals surface area (Å²) in [4.78, 5) is 14.3. The summed E-state index contributed by atoms with van der Waals surface area (Å²) in [6.07, 6.45) is 2.46. The first-order valence-electron chi connectivity index (χ1n) is 7.61. The fourth-order valence-corrected chi connectivity index (χ4v) is 2.99. The Hall–Kier alpha value is -2.58. The van der Waals surface area contributed by atoms with Crippen LogP contribution < -0.4 is 0 Å². The number of benzene rings is 1. The number of hydrogen-bond acceptors (Lipinski definition) is 3. The van der Waals surface area contributed by atoms with Crippen molar-refractivity contribution in [2.45, 2.75) is 12.5 Å². The average Bonchev–Trinajstić information content (AvgIpc) is 2.95. The van der Waals surface area contributed by atoms with E-state index in [1.807, 2.05) is 12.1 Å². The fourth-order valence-electron chi connectivity index (χ4n) is 2.99. The summed E-state index contributed by atoms with van der Waals surface area (Å²) in [5.41, 5.74) is 3.44. The summed E-state index contributed by atoms with van der Waals surface area (Å²) in [5.74, 6) is -0.111. The summed E-state index contributed by atoms with van der Waals surface area (Å²) >= 11 is 0. The number of aryl methyl sites for hydroxylation is 1. The molecule has 0 bridgehead atoms. The fraction of sp³-hybridized carbons (Fsp3) is 0.333. The smallest absolute Gasteiger partial charge is 0.270 e. The lowest BCUT2D eigenvalue weighted by molar-refractivity contribution is 0.0197. The second kappa shape index (κ2) is 6.27. The average molecular weight is 309 g/mol. The summed E-state index contributed by atoms with van der Waals surface area (Å²) in [6, 6.07) is 11.9. The van der Waals surface area contributed by atoms with Gasteiger partial charge in [0.25, 0.3) is 5.91 Å². The van der Waals surface area contributed by atoms with Crippen molar-refractivity contribution in [1.82, 2.24) is 9.47 Å². The van der Waals surface area contributed by atoms with E-state index in [0.29, 0.717) is 24.4 Å². The second-order valence-corrected chi connectivity index (χ2v) is 5.83. The van der Waals surface area contributed by atoms with E-state index in [1.54, 1.807) is 35.8 Å². The van der Waals surface area contributed by atoms with Crippen LogP contribution in [0.4, 0.5) is 0 Å². The van der Waals surface area contributed by atoms with Crippen LogP contribution in [0.2, 0.25) is 0 Å². The van der Waals surface area contributed by atoms with Crippen LogP contribution in [0.3, 0.4) is 0 Å². The zero-order valence-electron chi connectivity index (χ0n) is 13.3. The molecule has 1 aliphatic rings. The molecule has 3 rings (SSSR count). The van der Waals surface area contributed by atoms with Gasteiger partial charge in [-0.1, -0.05) is 24.3 Å². The van der Waals surface area contributed by atoms with Crippen LogP contribution in [0.5, 0.6) is 0 Å². The minimum Gasteiger partial charge on any atom is -0.371 e. The molecule has 0 aliphatic carbocycles. The number of amides is 1. The van der Waals surface area contributed by atoms with E-state index in [2.05, 4.69) is 18.2 Å². The lowest BCUT2D eigenvalue weighted by Gasteiger charge is -2.29. The predicted molar refractivity (Wildman–Crippen MR) is 85.9 cm³/mol. The third-order valence-corrected chi connectivity index (χ3v) is 4.23. The van der Waals surface area contributed by atoms with Gasteiger partial charge >= 0.3 is 0 Å². The third kappa shape index (κ3) is 2.99. The Kier molecular flexibility index (Phi) is 4.18. The van der Waals surface area contributed by atoms with E-state index in [9.17, 15) is 4.79 Å². The van der Waals surface area contributed by atoms with Gasteiger partial charge in [-0.15, -0.1) is 0 Å². The molecule has 1 amide bonds. The highest BCUT2D eigenvalue weighted by atomic mass is 16.5. The van der Waals surface area contributed by atoms with Crippen LogP contribution in [0.15, 0.2) is 36.5 Å². The molecule has 2 aromatic rings. The quantitative estimate of drug-likeness (QED) is 0.874. The van der Waals surface area contributed by atoms with Gasteiger partial charge in [0.2, 0.25) is 0 Å². The van der Waals surface area contributed by atoms with Crippen LogP contribution in [-0.2, 0) is 18.2 Å². The first-order valence-corrected chi connectivity index (χ1v) is 7.61. The maximum absolute atomic E-state index is 12.6. The number of carbonyl (C=O) groups is 1. The molecule has 0 saturated carbocycles. The number of ether oxygens (including phenoxy) is 1. The van der Waals surface area contributed by atoms with Gasteiger partial charge in [0, 0.05) is 20.3 Å². The number of rotatable bonds is 3. The normalized spacial score (nSPS) is 16.5. The number of hydrogen-bond donors (Lipinski definition) is 0. The monoisotopic (exact) mass is 309 g/mol. The van der Waals surface area contributed by atoms with E-state index in [4.69, 9.17) is 10.00 Å². The largest absolute Gasteiger partial charge is 0.371 e. The third-order valence-electron chi connectivity index (χ3n) is 4.23. The van der Waals surface area contributed by atoms with E-state index in [-0.39, 0.29) is 12.0 Å². The van der Waals surface area contributed by atoms with Gasteiger partial charge in [0.1, 0.15) is 17.9 Å². The molecule has 5 nitrogen and oxygen atoms in total. The first kappa shape index (κ1) is 15.3. The van der Waals surface area contributed by atoms with Crippen LogP contribution in [-0.4, -0.2) is 35.6 Å². The minimum atomic E-state index is -0.111. The van der Waals surface area contributed by atoms with Crippen LogP contribution in [0.1, 0.15) is 33.3 Å². The van der Waals surface area contributed by atoms with Crippen molar-refractivity contribution in [2.75, 3.05) is 20.2 Å². The van der Waals surface area contributed by atoms with Gasteiger partial charge in [-0.25, -0.2) is 0 Å². The Morgan fingerprint density at radius 1 is 1.48 bits per heavy atom. The van der Waals surface area contributed by atoms with Gasteiger partial charge < -0.3 is 14.2 Å². The van der Waals surface area contributed by atoms with Crippen molar-refractivity contribution < 1.29 is 9.53 Å². The Morgan fingerprint density at radius 2 is 2.26 bits per heavy atom. The molecule has 0 fully saturated rings. The molecule has 1 aliphatic heterocycles. The van der Waals surface area contributed by atoms with Gasteiger partial charge in [0.05, 0.1) is 18.7 Å². The second-order valence-electron chi connectivity index (χ2n) is 5.83. The van der Waals surface area contributed by atoms with Crippen molar-refractivity contribution in [2.24, 2.45) is 7.05 Å². The molecule has 1 aromatic heterocycles. The van der Waals surface area contributed by atoms with Gasteiger partial charge in [-0.05, 0) is 23.6 Å². The molecular formula is C18H19N3O2. The highest BCUT2D eigenvalue weighted by molar-refractivity contribution is 5.93. The van der Waals surface area contributed by atoms with Crippen molar-refractivity contribution in [3.63, 3.8) is 0 Å². The van der Waals surface area contributed by atoms with E-state index in [1.165, 1.54) is 5.56 Å². The molecule has 0 N–H and O–H groups in total. The molecule has 2 heterocycles. The van der Waals surface area contributed by atoms with Gasteiger partial charge in [0.15, 0.2) is 0 Å². The number of fused-ring (bicyclic) bond motifs is 1. The molecule has 23 heavy (non-hydrogen) atoms. The number of aromatic nitrogens is 1. The minimum absolute atomic E-state index is 0.107. The standard InChI is InChI=1S/C18H19N3O2/c1-20-11-13(10-19)9-16(20)18(22)21(2)12-17-15-6-4-3-5-14(15)7-8-23-17/h3-6,9,11,17H,7-8,12H2,1-2H3/t17-/m0/s1. The van der Waals surface area contributed by atoms with E-state index >= 15 is 0 Å². The number of likely N-dealkylation sites (N-methyl/N-ethyl adjacent to an activating group) is 1. The topological polar surface area (TPSA) is 58.3 Å². The highest BCUT2D eigenvalue weighted by Gasteiger charge is 2.25. The molecule has 1 aromatic carbocycles. The molecule has 118 valence electrons. The summed E-state index contributed by atoms with van der Waals surface area (Å²) < 4.78 is 7.55. The Balaban J connectivity index is 1.77. The maximum Gasteiger partial charge on any atom is 0.270 e. The van der Waals surface area contributed by atoms with Crippen molar-refractivity contribution in [3.05, 3.63) is 58.9 Å². The Bertz CT molecular complexity index is 773. The number of carbonyl (C=O) groups excluding carboxylic acids is 1. The molecule has 0 saturated heterocycles. The van der Waals surface area contributed by atoms with Crippen molar-refractivity contribution >= 4 is 5.91 Å². The summed E-state index contributed by atoms with van der Waals surface area (Å²) in [6.45, 7) is 1.16. The zero-order valence-corrected chi connectivity index (χ0v) is 13.3. The number of nitriles is 1. The highest BCUT2D eigenvalue weighted by Crippen LogP contribution is 2.27. The SMILES string of the molecule is CN(C[C@@H]1OCCc2ccccc21)C(=O)c1cc(C#N)cn1C. The molecule has 0 unspecified atom stereocenters. The summed E-state index contributed by atoms with van der Waals surface area (Å²) in [5, 5.41) is 8.96. The van der Waals surface area contributed by atoms with Crippen LogP contribution in [0, 0.1) is 11.3 Å². The number of nitrogens with zero attached hydrogens (tertiary/aromatic N) is 3. The predicted octanol–water partition coefficient (Wildman–Crippen LogP) is 2.28. The first-order chi connectivity index (χ1) is 11.1. The Morgan fingerprint density at radius 3 is 3.00 bits per heavy atom. The maximum atomic E-state index is 12.6. The van der Waals surface area contributed by atoms with Crippen molar-refractivity contribution in [3.8, 4) is 6.07 Å². The summed E-state index contributed by atoms with van der Waals surface area (Å²) in [7, 11) is 3.54. The molecule has 1 atom stereocenters. The molecule has 0 spiro atoms. The van der Waals surface area contributed by atoms with Gasteiger partial charge in [-0.3, -0.25) is 4.79 Å². The van der Waals surface area contributed by atoms with Crippen molar-refractivity contribution in [1.29, 1.82) is 5.26 Å². The zero-order chi connectivity index (χ0) is 16.4. The van der Waals surface area contributed by atoms with Crippen LogP contribution >= 0.6 is 0 Å².